The minimum atomic E-state index is -1.14. The van der Waals surface area contributed by atoms with Crippen LogP contribution in [0.4, 0.5) is 5.95 Å². The predicted octanol–water partition coefficient (Wildman–Crippen LogP) is 0.959. The molecule has 3 rings (SSSR count). The average Bonchev–Trinajstić information content (AvgIpc) is 2.82. The lowest BCUT2D eigenvalue weighted by Crippen LogP contribution is -2.46. The van der Waals surface area contributed by atoms with Crippen molar-refractivity contribution < 1.29 is 9.59 Å². The quantitative estimate of drug-likeness (QED) is 0.768. The standard InChI is InChI=1S/C12H11N5O2/c1-12(2)9(18)15-11-14-8(16-17(11)10(12)19)7-3-5-13-6-4-7/h3-6H,1-2H3,(H,14,15,16,18). The summed E-state index contributed by atoms with van der Waals surface area (Å²) in [5.41, 5.74) is -0.410. The van der Waals surface area contributed by atoms with Crippen molar-refractivity contribution in [1.82, 2.24) is 19.7 Å². The van der Waals surface area contributed by atoms with Gasteiger partial charge in [0.1, 0.15) is 5.41 Å². The molecule has 0 saturated heterocycles. The number of amides is 1. The van der Waals surface area contributed by atoms with Crippen LogP contribution >= 0.6 is 0 Å². The van der Waals surface area contributed by atoms with Crippen molar-refractivity contribution in [3.63, 3.8) is 0 Å². The highest BCUT2D eigenvalue weighted by Gasteiger charge is 2.43. The monoisotopic (exact) mass is 257 g/mol. The molecule has 2 aromatic rings. The molecule has 7 heteroatoms. The van der Waals surface area contributed by atoms with Gasteiger partial charge in [-0.25, -0.2) is 0 Å². The Balaban J connectivity index is 2.11. The molecule has 0 bridgehead atoms. The van der Waals surface area contributed by atoms with Crippen LogP contribution in [0, 0.1) is 5.41 Å². The number of carbonyl (C=O) groups excluding carboxylic acids is 2. The van der Waals surface area contributed by atoms with E-state index in [4.69, 9.17) is 0 Å². The lowest BCUT2D eigenvalue weighted by Gasteiger charge is -2.25. The third-order valence-corrected chi connectivity index (χ3v) is 3.07. The zero-order valence-corrected chi connectivity index (χ0v) is 10.4. The number of hydrogen-bond acceptors (Lipinski definition) is 5. The van der Waals surface area contributed by atoms with Crippen LogP contribution < -0.4 is 5.32 Å². The van der Waals surface area contributed by atoms with E-state index in [9.17, 15) is 9.59 Å². The van der Waals surface area contributed by atoms with E-state index in [0.717, 1.165) is 10.2 Å². The molecule has 0 unspecified atom stereocenters. The summed E-state index contributed by atoms with van der Waals surface area (Å²) in [6.45, 7) is 3.11. The molecule has 3 heterocycles. The molecule has 0 fully saturated rings. The third-order valence-electron chi connectivity index (χ3n) is 3.07. The van der Waals surface area contributed by atoms with Crippen molar-refractivity contribution in [3.05, 3.63) is 24.5 Å². The van der Waals surface area contributed by atoms with Crippen LogP contribution in [0.1, 0.15) is 18.6 Å². The van der Waals surface area contributed by atoms with Crippen LogP contribution in [0.15, 0.2) is 24.5 Å². The van der Waals surface area contributed by atoms with Gasteiger partial charge in [-0.3, -0.25) is 19.9 Å². The smallest absolute Gasteiger partial charge is 0.265 e. The van der Waals surface area contributed by atoms with Gasteiger partial charge in [-0.15, -0.1) is 5.10 Å². The van der Waals surface area contributed by atoms with Crippen LogP contribution in [-0.4, -0.2) is 31.6 Å². The van der Waals surface area contributed by atoms with E-state index in [0.29, 0.717) is 5.82 Å². The lowest BCUT2D eigenvalue weighted by molar-refractivity contribution is -0.122. The number of nitrogens with zero attached hydrogens (tertiary/aromatic N) is 4. The first-order valence-electron chi connectivity index (χ1n) is 5.74. The molecule has 96 valence electrons. The Hall–Kier alpha value is -2.57. The number of anilines is 1. The highest BCUT2D eigenvalue weighted by Crippen LogP contribution is 2.28. The molecule has 0 atom stereocenters. The van der Waals surface area contributed by atoms with Gasteiger partial charge in [0.05, 0.1) is 0 Å². The molecule has 0 aromatic carbocycles. The van der Waals surface area contributed by atoms with Crippen molar-refractivity contribution in [2.24, 2.45) is 5.41 Å². The average molecular weight is 257 g/mol. The van der Waals surface area contributed by atoms with E-state index < -0.39 is 5.41 Å². The maximum Gasteiger partial charge on any atom is 0.265 e. The van der Waals surface area contributed by atoms with Gasteiger partial charge >= 0.3 is 0 Å². The van der Waals surface area contributed by atoms with Crippen LogP contribution in [0.2, 0.25) is 0 Å². The number of nitrogens with one attached hydrogen (secondary N) is 1. The second kappa shape index (κ2) is 3.71. The number of fused-ring (bicyclic) bond motifs is 1. The van der Waals surface area contributed by atoms with Crippen molar-refractivity contribution in [2.45, 2.75) is 13.8 Å². The van der Waals surface area contributed by atoms with Gasteiger partial charge in [0.2, 0.25) is 11.9 Å². The summed E-state index contributed by atoms with van der Waals surface area (Å²) >= 11 is 0. The van der Waals surface area contributed by atoms with Crippen molar-refractivity contribution >= 4 is 17.8 Å². The Morgan fingerprint density at radius 1 is 1.21 bits per heavy atom. The third kappa shape index (κ3) is 1.62. The van der Waals surface area contributed by atoms with Crippen molar-refractivity contribution in [3.8, 4) is 11.4 Å². The van der Waals surface area contributed by atoms with Crippen LogP contribution in [0.5, 0.6) is 0 Å². The fraction of sp³-hybridized carbons (Fsp3) is 0.250. The van der Waals surface area contributed by atoms with E-state index in [-0.39, 0.29) is 17.8 Å². The van der Waals surface area contributed by atoms with Crippen LogP contribution in [-0.2, 0) is 4.79 Å². The van der Waals surface area contributed by atoms with Gasteiger partial charge in [0, 0.05) is 18.0 Å². The zero-order valence-electron chi connectivity index (χ0n) is 10.4. The normalized spacial score (nSPS) is 16.9. The van der Waals surface area contributed by atoms with Gasteiger partial charge in [-0.05, 0) is 26.0 Å². The Kier molecular flexibility index (Phi) is 2.25. The second-order valence-electron chi connectivity index (χ2n) is 4.79. The Bertz CT molecular complexity index is 675. The molecule has 0 aliphatic carbocycles. The summed E-state index contributed by atoms with van der Waals surface area (Å²) in [5.74, 6) is -0.234. The summed E-state index contributed by atoms with van der Waals surface area (Å²) in [4.78, 5) is 32.1. The molecular weight excluding hydrogens is 246 g/mol. The van der Waals surface area contributed by atoms with Gasteiger partial charge in [-0.2, -0.15) is 9.67 Å². The fourth-order valence-electron chi connectivity index (χ4n) is 1.78. The SMILES string of the molecule is CC1(C)C(=O)Nc2nc(-c3ccncc3)nn2C1=O. The molecule has 1 aliphatic rings. The zero-order chi connectivity index (χ0) is 13.6. The fourth-order valence-corrected chi connectivity index (χ4v) is 1.78. The minimum Gasteiger partial charge on any atom is -0.293 e. The first kappa shape index (κ1) is 11.5. The minimum absolute atomic E-state index is 0.154. The highest BCUT2D eigenvalue weighted by atomic mass is 16.2. The van der Waals surface area contributed by atoms with E-state index in [1.54, 1.807) is 38.4 Å². The number of pyridine rings is 1. The van der Waals surface area contributed by atoms with Gasteiger partial charge in [0.15, 0.2) is 5.82 Å². The maximum absolute atomic E-state index is 12.2. The van der Waals surface area contributed by atoms with Gasteiger partial charge in [-0.1, -0.05) is 0 Å². The molecule has 7 nitrogen and oxygen atoms in total. The largest absolute Gasteiger partial charge is 0.293 e. The summed E-state index contributed by atoms with van der Waals surface area (Å²) in [6.07, 6.45) is 3.22. The summed E-state index contributed by atoms with van der Waals surface area (Å²) < 4.78 is 1.14. The molecule has 19 heavy (non-hydrogen) atoms. The number of carbonyl (C=O) groups is 2. The topological polar surface area (TPSA) is 89.8 Å². The van der Waals surface area contributed by atoms with E-state index in [1.165, 1.54) is 0 Å². The van der Waals surface area contributed by atoms with E-state index in [2.05, 4.69) is 20.4 Å². The van der Waals surface area contributed by atoms with Crippen molar-refractivity contribution in [2.75, 3.05) is 5.32 Å². The molecular formula is C12H11N5O2. The number of aromatic nitrogens is 4. The molecule has 2 aromatic heterocycles. The molecule has 1 aliphatic heterocycles. The van der Waals surface area contributed by atoms with E-state index in [1.807, 2.05) is 0 Å². The van der Waals surface area contributed by atoms with Crippen LogP contribution in [0.25, 0.3) is 11.4 Å². The molecule has 0 radical (unpaired) electrons. The van der Waals surface area contributed by atoms with Crippen LogP contribution in [0.3, 0.4) is 0 Å². The second-order valence-corrected chi connectivity index (χ2v) is 4.79. The molecule has 0 spiro atoms. The Morgan fingerprint density at radius 2 is 1.89 bits per heavy atom. The highest BCUT2D eigenvalue weighted by molar-refractivity contribution is 6.14. The van der Waals surface area contributed by atoms with E-state index >= 15 is 0 Å². The first-order valence-corrected chi connectivity index (χ1v) is 5.74. The summed E-state index contributed by atoms with van der Waals surface area (Å²) in [6, 6.07) is 3.47. The summed E-state index contributed by atoms with van der Waals surface area (Å²) in [7, 11) is 0. The first-order chi connectivity index (χ1) is 9.00. The Labute approximate surface area is 108 Å². The molecule has 1 N–H and O–H groups in total. The van der Waals surface area contributed by atoms with Gasteiger partial charge in [0.25, 0.3) is 5.91 Å². The molecule has 1 amide bonds. The molecule has 0 saturated carbocycles. The summed E-state index contributed by atoms with van der Waals surface area (Å²) in [5, 5.41) is 6.73. The predicted molar refractivity (Wildman–Crippen MR) is 66.3 cm³/mol. The Morgan fingerprint density at radius 3 is 2.58 bits per heavy atom. The number of hydrogen-bond donors (Lipinski definition) is 1. The maximum atomic E-state index is 12.2. The van der Waals surface area contributed by atoms with Crippen molar-refractivity contribution in [1.29, 1.82) is 0 Å². The van der Waals surface area contributed by atoms with Gasteiger partial charge < -0.3 is 0 Å². The lowest BCUT2D eigenvalue weighted by atomic mass is 9.90. The number of rotatable bonds is 1.